The minimum Gasteiger partial charge on any atom is -0.325 e. The van der Waals surface area contributed by atoms with Crippen molar-refractivity contribution in [1.82, 2.24) is 9.62 Å². The zero-order valence-corrected chi connectivity index (χ0v) is 18.4. The Morgan fingerprint density at radius 2 is 1.97 bits per heavy atom. The van der Waals surface area contributed by atoms with Crippen molar-refractivity contribution in [2.45, 2.75) is 30.2 Å². The lowest BCUT2D eigenvalue weighted by Crippen LogP contribution is -2.34. The third-order valence-electron chi connectivity index (χ3n) is 4.87. The molecule has 0 spiro atoms. The van der Waals surface area contributed by atoms with Crippen LogP contribution < -0.4 is 10.0 Å². The first-order chi connectivity index (χ1) is 13.9. The molecule has 1 heterocycles. The molecule has 1 atom stereocenters. The second-order valence-electron chi connectivity index (χ2n) is 7.11. The van der Waals surface area contributed by atoms with E-state index in [-0.39, 0.29) is 16.7 Å². The van der Waals surface area contributed by atoms with Gasteiger partial charge in [0.25, 0.3) is 0 Å². The summed E-state index contributed by atoms with van der Waals surface area (Å²) in [7, 11) is -3.65. The van der Waals surface area contributed by atoms with Crippen LogP contribution in [0.15, 0.2) is 58.3 Å². The van der Waals surface area contributed by atoms with Crippen LogP contribution >= 0.6 is 11.8 Å². The molecule has 0 unspecified atom stereocenters. The van der Waals surface area contributed by atoms with Crippen LogP contribution in [0.25, 0.3) is 0 Å². The minimum atomic E-state index is -3.65. The molecule has 156 valence electrons. The molecule has 0 saturated carbocycles. The van der Waals surface area contributed by atoms with E-state index < -0.39 is 10.0 Å². The first kappa shape index (κ1) is 21.8. The molecule has 2 aromatic rings. The molecular formula is C21H27N3O3S2. The largest absolute Gasteiger partial charge is 0.325 e. The number of anilines is 1. The molecule has 1 aliphatic rings. The summed E-state index contributed by atoms with van der Waals surface area (Å²) in [4.78, 5) is 15.3. The van der Waals surface area contributed by atoms with Crippen molar-refractivity contribution in [2.24, 2.45) is 5.92 Å². The number of likely N-dealkylation sites (N-methyl/N-ethyl adjacent to an activating group) is 1. The molecule has 1 amide bonds. The minimum absolute atomic E-state index is 0.0849. The van der Waals surface area contributed by atoms with Crippen molar-refractivity contribution in [1.29, 1.82) is 0 Å². The molecule has 3 rings (SSSR count). The summed E-state index contributed by atoms with van der Waals surface area (Å²) in [5.41, 5.74) is 1.76. The molecule has 0 fully saturated rings. The van der Waals surface area contributed by atoms with Gasteiger partial charge in [-0.2, -0.15) is 0 Å². The standard InChI is InChI=1S/C21H27N3O3S2/c1-3-24(14-17-7-5-4-6-8-17)12-11-22-29(26,27)18-9-10-20-19(13-18)23-21(25)16(2)15-28-20/h4-10,13,16,22H,3,11-12,14-15H2,1-2H3,(H,23,25)/t16-/m0/s1. The van der Waals surface area contributed by atoms with Gasteiger partial charge in [-0.05, 0) is 30.3 Å². The van der Waals surface area contributed by atoms with E-state index in [1.165, 1.54) is 5.56 Å². The summed E-state index contributed by atoms with van der Waals surface area (Å²) in [5.74, 6) is 0.478. The number of thioether (sulfide) groups is 1. The van der Waals surface area contributed by atoms with E-state index >= 15 is 0 Å². The number of carbonyl (C=O) groups is 1. The van der Waals surface area contributed by atoms with Gasteiger partial charge in [0, 0.05) is 36.2 Å². The van der Waals surface area contributed by atoms with E-state index in [1.54, 1.807) is 30.0 Å². The SMILES string of the molecule is CCN(CCNS(=O)(=O)c1ccc2c(c1)NC(=O)[C@@H](C)CS2)Cc1ccccc1. The summed E-state index contributed by atoms with van der Waals surface area (Å²) in [6.45, 7) is 6.46. The maximum absolute atomic E-state index is 12.7. The van der Waals surface area contributed by atoms with Crippen LogP contribution in [0.2, 0.25) is 0 Å². The molecule has 6 nitrogen and oxygen atoms in total. The Kier molecular flexibility index (Phi) is 7.34. The first-order valence-corrected chi connectivity index (χ1v) is 12.2. The summed E-state index contributed by atoms with van der Waals surface area (Å²) < 4.78 is 28.1. The number of hydrogen-bond donors (Lipinski definition) is 2. The van der Waals surface area contributed by atoms with E-state index in [4.69, 9.17) is 0 Å². The Labute approximate surface area is 177 Å². The fraction of sp³-hybridized carbons (Fsp3) is 0.381. The molecule has 0 radical (unpaired) electrons. The van der Waals surface area contributed by atoms with Gasteiger partial charge in [0.1, 0.15) is 0 Å². The molecule has 0 saturated heterocycles. The van der Waals surface area contributed by atoms with Crippen LogP contribution in [-0.4, -0.2) is 44.6 Å². The zero-order chi connectivity index (χ0) is 20.9. The number of amides is 1. The van der Waals surface area contributed by atoms with Crippen molar-refractivity contribution in [3.05, 3.63) is 54.1 Å². The lowest BCUT2D eigenvalue weighted by molar-refractivity contribution is -0.118. The van der Waals surface area contributed by atoms with Crippen LogP contribution in [0.4, 0.5) is 5.69 Å². The van der Waals surface area contributed by atoms with Gasteiger partial charge in [-0.25, -0.2) is 13.1 Å². The Bertz CT molecular complexity index is 949. The van der Waals surface area contributed by atoms with Crippen LogP contribution in [0.3, 0.4) is 0 Å². The summed E-state index contributed by atoms with van der Waals surface area (Å²) in [6, 6.07) is 15.0. The van der Waals surface area contributed by atoms with E-state index in [9.17, 15) is 13.2 Å². The number of carbonyl (C=O) groups excluding carboxylic acids is 1. The average Bonchev–Trinajstić information content (AvgIpc) is 2.85. The van der Waals surface area contributed by atoms with Crippen LogP contribution in [-0.2, 0) is 21.4 Å². The van der Waals surface area contributed by atoms with E-state index in [0.717, 1.165) is 18.0 Å². The Hall–Kier alpha value is -1.87. The number of nitrogens with zero attached hydrogens (tertiary/aromatic N) is 1. The first-order valence-electron chi connectivity index (χ1n) is 9.72. The average molecular weight is 434 g/mol. The van der Waals surface area contributed by atoms with Gasteiger partial charge in [-0.3, -0.25) is 9.69 Å². The fourth-order valence-electron chi connectivity index (χ4n) is 3.06. The second-order valence-corrected chi connectivity index (χ2v) is 9.94. The zero-order valence-electron chi connectivity index (χ0n) is 16.7. The fourth-order valence-corrected chi connectivity index (χ4v) is 5.12. The van der Waals surface area contributed by atoms with Crippen LogP contribution in [0, 0.1) is 5.92 Å². The highest BCUT2D eigenvalue weighted by Crippen LogP contribution is 2.34. The predicted molar refractivity (Wildman–Crippen MR) is 118 cm³/mol. The molecular weight excluding hydrogens is 406 g/mol. The quantitative estimate of drug-likeness (QED) is 0.669. The number of hydrogen-bond acceptors (Lipinski definition) is 5. The number of nitrogens with one attached hydrogen (secondary N) is 2. The third kappa shape index (κ3) is 5.82. The third-order valence-corrected chi connectivity index (χ3v) is 7.66. The van der Waals surface area contributed by atoms with E-state index in [0.29, 0.717) is 24.5 Å². The normalized spacial score (nSPS) is 16.9. The number of benzene rings is 2. The van der Waals surface area contributed by atoms with Crippen molar-refractivity contribution in [3.8, 4) is 0 Å². The second kappa shape index (κ2) is 9.75. The van der Waals surface area contributed by atoms with Gasteiger partial charge in [0.15, 0.2) is 0 Å². The van der Waals surface area contributed by atoms with E-state index in [1.807, 2.05) is 25.1 Å². The molecule has 1 aliphatic heterocycles. The van der Waals surface area contributed by atoms with Crippen LogP contribution in [0.5, 0.6) is 0 Å². The Morgan fingerprint density at radius 3 is 2.69 bits per heavy atom. The molecule has 8 heteroatoms. The molecule has 29 heavy (non-hydrogen) atoms. The molecule has 0 aliphatic carbocycles. The number of rotatable bonds is 8. The molecule has 0 bridgehead atoms. The van der Waals surface area contributed by atoms with Crippen molar-refractivity contribution in [2.75, 3.05) is 30.7 Å². The number of fused-ring (bicyclic) bond motifs is 1. The van der Waals surface area contributed by atoms with Gasteiger partial charge < -0.3 is 5.32 Å². The van der Waals surface area contributed by atoms with Crippen molar-refractivity contribution < 1.29 is 13.2 Å². The van der Waals surface area contributed by atoms with Gasteiger partial charge in [0.05, 0.1) is 10.6 Å². The highest BCUT2D eigenvalue weighted by molar-refractivity contribution is 7.99. The molecule has 2 aromatic carbocycles. The van der Waals surface area contributed by atoms with E-state index in [2.05, 4.69) is 34.0 Å². The highest BCUT2D eigenvalue weighted by Gasteiger charge is 2.22. The maximum atomic E-state index is 12.7. The molecule has 0 aromatic heterocycles. The van der Waals surface area contributed by atoms with Crippen molar-refractivity contribution in [3.63, 3.8) is 0 Å². The Morgan fingerprint density at radius 1 is 1.21 bits per heavy atom. The van der Waals surface area contributed by atoms with Crippen LogP contribution in [0.1, 0.15) is 19.4 Å². The van der Waals surface area contributed by atoms with Gasteiger partial charge in [-0.1, -0.05) is 44.2 Å². The maximum Gasteiger partial charge on any atom is 0.240 e. The Balaban J connectivity index is 1.62. The summed E-state index contributed by atoms with van der Waals surface area (Å²) in [6.07, 6.45) is 0. The predicted octanol–water partition coefficient (Wildman–Crippen LogP) is 3.17. The summed E-state index contributed by atoms with van der Waals surface area (Å²) >= 11 is 1.56. The van der Waals surface area contributed by atoms with Crippen molar-refractivity contribution >= 4 is 33.4 Å². The molecule has 2 N–H and O–H groups in total. The number of sulfonamides is 1. The van der Waals surface area contributed by atoms with Gasteiger partial charge >= 0.3 is 0 Å². The lowest BCUT2D eigenvalue weighted by Gasteiger charge is -2.20. The topological polar surface area (TPSA) is 78.5 Å². The lowest BCUT2D eigenvalue weighted by atomic mass is 10.2. The smallest absolute Gasteiger partial charge is 0.240 e. The van der Waals surface area contributed by atoms with Gasteiger partial charge in [0.2, 0.25) is 15.9 Å². The highest BCUT2D eigenvalue weighted by atomic mass is 32.2. The summed E-state index contributed by atoms with van der Waals surface area (Å²) in [5, 5.41) is 2.84. The van der Waals surface area contributed by atoms with Gasteiger partial charge in [-0.15, -0.1) is 11.8 Å². The monoisotopic (exact) mass is 433 g/mol.